The topological polar surface area (TPSA) is 233 Å². The van der Waals surface area contributed by atoms with Gasteiger partial charge in [0.1, 0.15) is 30.2 Å². The van der Waals surface area contributed by atoms with Crippen LogP contribution in [-0.4, -0.2) is 103 Å². The molecule has 8 atom stereocenters. The van der Waals surface area contributed by atoms with E-state index in [-0.39, 0.29) is 41.8 Å². The van der Waals surface area contributed by atoms with Crippen LogP contribution in [0.1, 0.15) is 65.9 Å². The number of carbonyl (C=O) groups excluding carboxylic acids is 8. The van der Waals surface area contributed by atoms with Crippen molar-refractivity contribution >= 4 is 59.9 Å². The second-order valence-corrected chi connectivity index (χ2v) is 14.8. The molecule has 16 nitrogen and oxygen atoms in total. The lowest BCUT2D eigenvalue weighted by Gasteiger charge is -2.27. The van der Waals surface area contributed by atoms with Crippen molar-refractivity contribution in [2.45, 2.75) is 96.9 Å². The molecule has 1 aliphatic carbocycles. The Hall–Kier alpha value is -4.67. The molecule has 0 spiro atoms. The molecule has 8 unspecified atom stereocenters. The summed E-state index contributed by atoms with van der Waals surface area (Å²) in [5.41, 5.74) is 0.813. The van der Waals surface area contributed by atoms with Crippen molar-refractivity contribution < 1.29 is 38.4 Å². The molecule has 298 valence electrons. The van der Waals surface area contributed by atoms with E-state index in [2.05, 4.69) is 55.2 Å². The Morgan fingerprint density at radius 2 is 1.33 bits per heavy atom. The van der Waals surface area contributed by atoms with Crippen molar-refractivity contribution in [2.75, 3.05) is 25.4 Å². The summed E-state index contributed by atoms with van der Waals surface area (Å²) in [6.45, 7) is 7.92. The molecular formula is C37H56N8O8S. The summed E-state index contributed by atoms with van der Waals surface area (Å²) in [7, 11) is 0. The Morgan fingerprint density at radius 1 is 0.685 bits per heavy atom. The minimum absolute atomic E-state index is 0.0804. The molecule has 3 rings (SSSR count). The number of thiol groups is 1. The first-order valence-corrected chi connectivity index (χ1v) is 19.3. The fraction of sp³-hybridized carbons (Fsp3) is 0.622. The molecule has 2 fully saturated rings. The van der Waals surface area contributed by atoms with E-state index in [1.807, 2.05) is 37.3 Å². The van der Waals surface area contributed by atoms with E-state index in [4.69, 9.17) is 0 Å². The van der Waals surface area contributed by atoms with Gasteiger partial charge in [-0.3, -0.25) is 38.4 Å². The first-order chi connectivity index (χ1) is 25.6. The third-order valence-corrected chi connectivity index (χ3v) is 10.1. The van der Waals surface area contributed by atoms with E-state index < -0.39 is 84.6 Å². The van der Waals surface area contributed by atoms with Crippen LogP contribution in [0.4, 0.5) is 0 Å². The number of amides is 8. The summed E-state index contributed by atoms with van der Waals surface area (Å²) < 4.78 is 0. The monoisotopic (exact) mass is 772 g/mol. The molecule has 1 aromatic carbocycles. The maximum atomic E-state index is 13.4. The van der Waals surface area contributed by atoms with Gasteiger partial charge in [0.2, 0.25) is 47.3 Å². The van der Waals surface area contributed by atoms with Gasteiger partial charge in [-0.05, 0) is 49.5 Å². The lowest BCUT2D eigenvalue weighted by Crippen LogP contribution is -2.59. The molecule has 1 aliphatic heterocycles. The van der Waals surface area contributed by atoms with Crippen molar-refractivity contribution in [3.63, 3.8) is 0 Å². The van der Waals surface area contributed by atoms with E-state index >= 15 is 0 Å². The zero-order chi connectivity index (χ0) is 39.9. The van der Waals surface area contributed by atoms with E-state index in [9.17, 15) is 38.4 Å². The fourth-order valence-electron chi connectivity index (χ4n) is 6.05. The van der Waals surface area contributed by atoms with Gasteiger partial charge in [-0.15, -0.1) is 0 Å². The van der Waals surface area contributed by atoms with Gasteiger partial charge in [-0.2, -0.15) is 12.6 Å². The second kappa shape index (κ2) is 21.3. The molecule has 2 aliphatic rings. The Kier molecular flexibility index (Phi) is 17.2. The summed E-state index contributed by atoms with van der Waals surface area (Å²) >= 11 is 4.20. The normalized spacial score (nSPS) is 28.2. The van der Waals surface area contributed by atoms with Crippen LogP contribution in [0.5, 0.6) is 0 Å². The van der Waals surface area contributed by atoms with Crippen molar-refractivity contribution in [3.05, 3.63) is 35.9 Å². The summed E-state index contributed by atoms with van der Waals surface area (Å²) in [5.74, 6) is -5.55. The summed E-state index contributed by atoms with van der Waals surface area (Å²) in [4.78, 5) is 105. The zero-order valence-corrected chi connectivity index (χ0v) is 32.6. The third-order valence-electron chi connectivity index (χ3n) is 9.72. The van der Waals surface area contributed by atoms with Crippen molar-refractivity contribution in [3.8, 4) is 0 Å². The number of benzene rings is 1. The van der Waals surface area contributed by atoms with Crippen molar-refractivity contribution in [1.82, 2.24) is 42.5 Å². The average Bonchev–Trinajstić information content (AvgIpc) is 3.93. The summed E-state index contributed by atoms with van der Waals surface area (Å²) in [5, 5.41) is 21.1. The second-order valence-electron chi connectivity index (χ2n) is 14.4. The number of hydrogen-bond acceptors (Lipinski definition) is 9. The zero-order valence-electron chi connectivity index (χ0n) is 31.7. The molecule has 1 aromatic rings. The minimum Gasteiger partial charge on any atom is -0.354 e. The Bertz CT molecular complexity index is 1510. The summed E-state index contributed by atoms with van der Waals surface area (Å²) in [6.07, 6.45) is 2.58. The number of carbonyl (C=O) groups is 8. The van der Waals surface area contributed by atoms with Gasteiger partial charge in [0.25, 0.3) is 0 Å². The molecule has 8 amide bonds. The van der Waals surface area contributed by atoms with Crippen molar-refractivity contribution in [1.29, 1.82) is 0 Å². The van der Waals surface area contributed by atoms with Crippen LogP contribution in [0.2, 0.25) is 0 Å². The first-order valence-electron chi connectivity index (χ1n) is 18.6. The average molecular weight is 773 g/mol. The highest BCUT2D eigenvalue weighted by molar-refractivity contribution is 7.80. The quantitative estimate of drug-likeness (QED) is 0.164. The Morgan fingerprint density at radius 3 is 1.96 bits per heavy atom. The molecule has 8 N–H and O–H groups in total. The van der Waals surface area contributed by atoms with Gasteiger partial charge in [0.15, 0.2) is 0 Å². The van der Waals surface area contributed by atoms with Crippen LogP contribution < -0.4 is 42.5 Å². The van der Waals surface area contributed by atoms with Gasteiger partial charge in [-0.25, -0.2) is 0 Å². The largest absolute Gasteiger partial charge is 0.354 e. The molecule has 0 aromatic heterocycles. The lowest BCUT2D eigenvalue weighted by molar-refractivity contribution is -0.134. The summed E-state index contributed by atoms with van der Waals surface area (Å²) in [6, 6.07) is 3.93. The molecule has 1 heterocycles. The van der Waals surface area contributed by atoms with Crippen LogP contribution in [0.25, 0.3) is 0 Å². The third kappa shape index (κ3) is 13.6. The molecule has 0 radical (unpaired) electrons. The maximum Gasteiger partial charge on any atom is 0.244 e. The lowest BCUT2D eigenvalue weighted by atomic mass is 9.98. The molecule has 17 heteroatoms. The van der Waals surface area contributed by atoms with Gasteiger partial charge < -0.3 is 42.5 Å². The van der Waals surface area contributed by atoms with E-state index in [0.29, 0.717) is 32.2 Å². The molecule has 0 bridgehead atoms. The highest BCUT2D eigenvalue weighted by atomic mass is 32.1. The predicted octanol–water partition coefficient (Wildman–Crippen LogP) is -0.917. The van der Waals surface area contributed by atoms with E-state index in [1.54, 1.807) is 20.8 Å². The Labute approximate surface area is 322 Å². The van der Waals surface area contributed by atoms with Gasteiger partial charge in [-0.1, -0.05) is 64.4 Å². The number of fused-ring (bicyclic) bond motifs is 1. The predicted molar refractivity (Wildman–Crippen MR) is 203 cm³/mol. The molecule has 54 heavy (non-hydrogen) atoms. The molecule has 1 saturated carbocycles. The number of rotatable bonds is 6. The van der Waals surface area contributed by atoms with E-state index in [1.165, 1.54) is 6.92 Å². The van der Waals surface area contributed by atoms with Crippen LogP contribution in [-0.2, 0) is 44.8 Å². The fourth-order valence-corrected chi connectivity index (χ4v) is 6.30. The minimum atomic E-state index is -1.19. The van der Waals surface area contributed by atoms with Crippen LogP contribution >= 0.6 is 12.6 Å². The molecule has 1 saturated heterocycles. The van der Waals surface area contributed by atoms with Crippen LogP contribution in [0, 0.1) is 23.7 Å². The molecular weight excluding hydrogens is 717 g/mol. The maximum absolute atomic E-state index is 13.4. The van der Waals surface area contributed by atoms with Gasteiger partial charge >= 0.3 is 0 Å². The van der Waals surface area contributed by atoms with Crippen molar-refractivity contribution in [2.24, 2.45) is 23.7 Å². The highest BCUT2D eigenvalue weighted by Crippen LogP contribution is 2.42. The van der Waals surface area contributed by atoms with Crippen LogP contribution in [0.15, 0.2) is 30.3 Å². The van der Waals surface area contributed by atoms with Gasteiger partial charge in [0.05, 0.1) is 13.1 Å². The van der Waals surface area contributed by atoms with E-state index in [0.717, 1.165) is 5.56 Å². The first kappa shape index (κ1) is 43.7. The number of nitrogens with one attached hydrogen (secondary N) is 8. The van der Waals surface area contributed by atoms with Gasteiger partial charge in [0, 0.05) is 24.6 Å². The standard InChI is InChI=1S/C37H56N8O8S/c1-6-21(4)31-37(53)43-27(19-54)35(51)41-22(5)32(48)39-17-28(46)42-26(15-23-11-8-7-9-12-23)34(50)38-14-10-13-24-16-25(24)33(49)45-30(20(2)3)36(52)40-18-29(47)44-31/h7-9,11-12,20-22,24-27,30-31,54H,6,10,13-19H2,1-5H3,(H,38,50)(H,39,48)(H,40,52)(H,41,51)(H,42,46)(H,43,53)(H,44,47)(H,45,49). The highest BCUT2D eigenvalue weighted by Gasteiger charge is 2.43. The Balaban J connectivity index is 1.78. The smallest absolute Gasteiger partial charge is 0.244 e. The SMILES string of the molecule is CCC(C)C1NC(=O)CNC(=O)C(C(C)C)NC(=O)C2CC2CCCNC(=O)C(Cc2ccccc2)NC(=O)CNC(=O)C(C)NC(=O)C(CS)NC1=O. The van der Waals surface area contributed by atoms with Crippen LogP contribution in [0.3, 0.4) is 0 Å². The number of hydrogen-bond donors (Lipinski definition) is 9.